The van der Waals surface area contributed by atoms with E-state index in [4.69, 9.17) is 4.74 Å². The molecule has 1 aliphatic carbocycles. The zero-order chi connectivity index (χ0) is 13.4. The van der Waals surface area contributed by atoms with Crippen molar-refractivity contribution in [1.82, 2.24) is 9.97 Å². The Morgan fingerprint density at radius 3 is 2.74 bits per heavy atom. The van der Waals surface area contributed by atoms with Gasteiger partial charge in [0.15, 0.2) is 5.78 Å². The van der Waals surface area contributed by atoms with Gasteiger partial charge in [-0.15, -0.1) is 0 Å². The van der Waals surface area contributed by atoms with Crippen molar-refractivity contribution in [2.45, 2.75) is 45.3 Å². The van der Waals surface area contributed by atoms with Crippen molar-refractivity contribution in [3.63, 3.8) is 0 Å². The van der Waals surface area contributed by atoms with Gasteiger partial charge in [0.2, 0.25) is 5.95 Å². The fraction of sp³-hybridized carbons (Fsp3) is 0.643. The number of nitrogens with zero attached hydrogens (tertiary/aromatic N) is 3. The molecule has 0 N–H and O–H groups in total. The van der Waals surface area contributed by atoms with Crippen LogP contribution in [0.25, 0.3) is 0 Å². The topological polar surface area (TPSA) is 55.3 Å². The van der Waals surface area contributed by atoms with Gasteiger partial charge in [0, 0.05) is 25.7 Å². The van der Waals surface area contributed by atoms with Gasteiger partial charge in [0.05, 0.1) is 23.5 Å². The van der Waals surface area contributed by atoms with E-state index in [2.05, 4.69) is 28.7 Å². The Bertz CT molecular complexity index is 493. The first kappa shape index (κ1) is 12.5. The second-order valence-electron chi connectivity index (χ2n) is 5.47. The normalized spacial score (nSPS) is 27.3. The van der Waals surface area contributed by atoms with Gasteiger partial charge in [-0.3, -0.25) is 4.79 Å². The number of anilines is 1. The third-order valence-corrected chi connectivity index (χ3v) is 3.68. The maximum atomic E-state index is 11.8. The van der Waals surface area contributed by atoms with E-state index in [1.54, 1.807) is 6.20 Å². The lowest BCUT2D eigenvalue weighted by molar-refractivity contribution is -0.00574. The maximum absolute atomic E-state index is 11.8. The Hall–Kier alpha value is -1.49. The summed E-state index contributed by atoms with van der Waals surface area (Å²) in [4.78, 5) is 22.9. The zero-order valence-electron chi connectivity index (χ0n) is 11.4. The number of carbonyl (C=O) groups is 1. The summed E-state index contributed by atoms with van der Waals surface area (Å²) in [6, 6.07) is 0. The van der Waals surface area contributed by atoms with Crippen LogP contribution in [0.15, 0.2) is 6.20 Å². The van der Waals surface area contributed by atoms with Crippen LogP contribution in [0.2, 0.25) is 0 Å². The van der Waals surface area contributed by atoms with Crippen molar-refractivity contribution in [1.29, 1.82) is 0 Å². The molecule has 2 unspecified atom stereocenters. The highest BCUT2D eigenvalue weighted by atomic mass is 16.5. The van der Waals surface area contributed by atoms with E-state index in [0.717, 1.165) is 37.6 Å². The van der Waals surface area contributed by atoms with Crippen molar-refractivity contribution >= 4 is 11.7 Å². The molecule has 2 atom stereocenters. The molecule has 1 aliphatic heterocycles. The highest BCUT2D eigenvalue weighted by Gasteiger charge is 2.26. The molecule has 0 bridgehead atoms. The van der Waals surface area contributed by atoms with Crippen LogP contribution in [0.5, 0.6) is 0 Å². The number of ether oxygens (including phenoxy) is 1. The summed E-state index contributed by atoms with van der Waals surface area (Å²) in [5.74, 6) is 0.909. The van der Waals surface area contributed by atoms with Crippen molar-refractivity contribution in [2.75, 3.05) is 18.0 Å². The standard InChI is InChI=1S/C14H19N3O2/c1-9-7-17(8-10(2)19-9)14-15-6-11-12(16-14)4-3-5-13(11)18/h6,9-10H,3-5,7-8H2,1-2H3. The molecule has 0 radical (unpaired) electrons. The van der Waals surface area contributed by atoms with Gasteiger partial charge in [-0.2, -0.15) is 0 Å². The molecule has 1 fully saturated rings. The zero-order valence-corrected chi connectivity index (χ0v) is 11.4. The van der Waals surface area contributed by atoms with Crippen LogP contribution in [0.1, 0.15) is 42.7 Å². The summed E-state index contributed by atoms with van der Waals surface area (Å²) in [6.45, 7) is 5.73. The summed E-state index contributed by atoms with van der Waals surface area (Å²) >= 11 is 0. The molecular formula is C14H19N3O2. The number of hydrogen-bond acceptors (Lipinski definition) is 5. The van der Waals surface area contributed by atoms with E-state index in [1.165, 1.54) is 0 Å². The lowest BCUT2D eigenvalue weighted by Crippen LogP contribution is -2.46. The van der Waals surface area contributed by atoms with E-state index in [1.807, 2.05) is 0 Å². The van der Waals surface area contributed by atoms with Gasteiger partial charge in [-0.1, -0.05) is 0 Å². The fourth-order valence-corrected chi connectivity index (χ4v) is 2.87. The number of ketones is 1. The third-order valence-electron chi connectivity index (χ3n) is 3.68. The first-order valence-corrected chi connectivity index (χ1v) is 6.93. The second kappa shape index (κ2) is 4.89. The third kappa shape index (κ3) is 2.47. The average molecular weight is 261 g/mol. The Morgan fingerprint density at radius 1 is 1.26 bits per heavy atom. The minimum absolute atomic E-state index is 0.177. The predicted octanol–water partition coefficient (Wildman–Crippen LogP) is 1.61. The predicted molar refractivity (Wildman–Crippen MR) is 71.5 cm³/mol. The molecule has 5 nitrogen and oxygen atoms in total. The van der Waals surface area contributed by atoms with E-state index >= 15 is 0 Å². The highest BCUT2D eigenvalue weighted by molar-refractivity contribution is 5.97. The first-order valence-electron chi connectivity index (χ1n) is 6.93. The molecule has 3 rings (SSSR count). The highest BCUT2D eigenvalue weighted by Crippen LogP contribution is 2.22. The van der Waals surface area contributed by atoms with Crippen LogP contribution in [0, 0.1) is 0 Å². The number of fused-ring (bicyclic) bond motifs is 1. The molecule has 2 heterocycles. The average Bonchev–Trinajstić information content (AvgIpc) is 2.37. The number of aryl methyl sites for hydroxylation is 1. The molecule has 1 saturated heterocycles. The number of rotatable bonds is 1. The number of Topliss-reactive ketones (excluding diaryl/α,β-unsaturated/α-hetero) is 1. The number of hydrogen-bond donors (Lipinski definition) is 0. The van der Waals surface area contributed by atoms with E-state index in [9.17, 15) is 4.79 Å². The number of morpholine rings is 1. The van der Waals surface area contributed by atoms with Gasteiger partial charge in [0.1, 0.15) is 0 Å². The Kier molecular flexibility index (Phi) is 3.22. The summed E-state index contributed by atoms with van der Waals surface area (Å²) in [6.07, 6.45) is 4.48. The molecule has 1 aromatic rings. The quantitative estimate of drug-likeness (QED) is 0.768. The van der Waals surface area contributed by atoms with Crippen LogP contribution in [-0.2, 0) is 11.2 Å². The SMILES string of the molecule is CC1CN(c2ncc3c(n2)CCCC3=O)CC(C)O1. The van der Waals surface area contributed by atoms with E-state index in [-0.39, 0.29) is 18.0 Å². The number of aromatic nitrogens is 2. The minimum atomic E-state index is 0.177. The summed E-state index contributed by atoms with van der Waals surface area (Å²) < 4.78 is 5.72. The molecule has 0 spiro atoms. The fourth-order valence-electron chi connectivity index (χ4n) is 2.87. The Balaban J connectivity index is 1.87. The smallest absolute Gasteiger partial charge is 0.225 e. The van der Waals surface area contributed by atoms with Crippen LogP contribution in [-0.4, -0.2) is 41.0 Å². The molecular weight excluding hydrogens is 242 g/mol. The molecule has 2 aliphatic rings. The molecule has 19 heavy (non-hydrogen) atoms. The molecule has 5 heteroatoms. The summed E-state index contributed by atoms with van der Waals surface area (Å²) in [5.41, 5.74) is 1.62. The van der Waals surface area contributed by atoms with Crippen LogP contribution < -0.4 is 4.90 Å². The molecule has 102 valence electrons. The summed E-state index contributed by atoms with van der Waals surface area (Å²) in [7, 11) is 0. The summed E-state index contributed by atoms with van der Waals surface area (Å²) in [5, 5.41) is 0. The lowest BCUT2D eigenvalue weighted by atomic mass is 9.96. The van der Waals surface area contributed by atoms with Gasteiger partial charge < -0.3 is 9.64 Å². The second-order valence-corrected chi connectivity index (χ2v) is 5.47. The van der Waals surface area contributed by atoms with Crippen LogP contribution in [0.4, 0.5) is 5.95 Å². The maximum Gasteiger partial charge on any atom is 0.225 e. The van der Waals surface area contributed by atoms with Gasteiger partial charge >= 0.3 is 0 Å². The van der Waals surface area contributed by atoms with Gasteiger partial charge in [-0.05, 0) is 26.7 Å². The van der Waals surface area contributed by atoms with Gasteiger partial charge in [0.25, 0.3) is 0 Å². The largest absolute Gasteiger partial charge is 0.372 e. The van der Waals surface area contributed by atoms with Crippen molar-refractivity contribution in [3.8, 4) is 0 Å². The lowest BCUT2D eigenvalue weighted by Gasteiger charge is -2.35. The van der Waals surface area contributed by atoms with E-state index < -0.39 is 0 Å². The first-order chi connectivity index (χ1) is 9.13. The molecule has 1 aromatic heterocycles. The van der Waals surface area contributed by atoms with Crippen molar-refractivity contribution in [2.24, 2.45) is 0 Å². The molecule has 0 amide bonds. The van der Waals surface area contributed by atoms with Crippen molar-refractivity contribution < 1.29 is 9.53 Å². The molecule has 0 aromatic carbocycles. The molecule has 0 saturated carbocycles. The van der Waals surface area contributed by atoms with Gasteiger partial charge in [-0.25, -0.2) is 9.97 Å². The Morgan fingerprint density at radius 2 is 2.00 bits per heavy atom. The van der Waals surface area contributed by atoms with Crippen LogP contribution >= 0.6 is 0 Å². The monoisotopic (exact) mass is 261 g/mol. The van der Waals surface area contributed by atoms with Crippen molar-refractivity contribution in [3.05, 3.63) is 17.5 Å². The van der Waals surface area contributed by atoms with E-state index in [0.29, 0.717) is 12.0 Å². The minimum Gasteiger partial charge on any atom is -0.372 e. The number of carbonyl (C=O) groups excluding carboxylic acids is 1. The van der Waals surface area contributed by atoms with Crippen LogP contribution in [0.3, 0.4) is 0 Å². The Labute approximate surface area is 113 Å².